The van der Waals surface area contributed by atoms with E-state index >= 15 is 0 Å². The average molecular weight is 575 g/mol. The minimum absolute atomic E-state index is 0.00112. The standard InChI is InChI=1S/C27H18ClF3N2O3S2/c28-19-5-2-1-4-17(19)24-21(34)13-27(33(37)26(24)35,15-10-11-38-14-15)22-6-3-7-23(32-22)36-16-8-9-20(29)18(12-16)25(30)31/h1-12,14,24-25,37H,13H2. The van der Waals surface area contributed by atoms with Gasteiger partial charge in [-0.3, -0.25) is 13.9 Å². The van der Waals surface area contributed by atoms with Crippen LogP contribution < -0.4 is 4.74 Å². The van der Waals surface area contributed by atoms with E-state index in [1.807, 2.05) is 0 Å². The smallest absolute Gasteiger partial charge is 0.266 e. The van der Waals surface area contributed by atoms with E-state index in [4.69, 9.17) is 16.3 Å². The van der Waals surface area contributed by atoms with Gasteiger partial charge in [0.25, 0.3) is 6.43 Å². The third-order valence-electron chi connectivity index (χ3n) is 6.36. The van der Waals surface area contributed by atoms with Gasteiger partial charge in [0.05, 0.1) is 11.3 Å². The average Bonchev–Trinajstić information content (AvgIpc) is 3.44. The number of rotatable bonds is 6. The number of benzene rings is 2. The molecule has 4 aromatic rings. The maximum absolute atomic E-state index is 13.7. The lowest BCUT2D eigenvalue weighted by Crippen LogP contribution is -2.54. The first kappa shape index (κ1) is 26.3. The summed E-state index contributed by atoms with van der Waals surface area (Å²) < 4.78 is 46.9. The number of pyridine rings is 1. The van der Waals surface area contributed by atoms with Crippen molar-refractivity contribution in [1.29, 1.82) is 0 Å². The zero-order chi connectivity index (χ0) is 27.0. The van der Waals surface area contributed by atoms with Crippen molar-refractivity contribution in [3.8, 4) is 11.6 Å². The fourth-order valence-corrected chi connectivity index (χ4v) is 5.91. The van der Waals surface area contributed by atoms with Gasteiger partial charge in [0.1, 0.15) is 23.0 Å². The Morgan fingerprint density at radius 1 is 1.11 bits per heavy atom. The number of alkyl halides is 2. The molecule has 1 aliphatic rings. The number of hydrogen-bond donors (Lipinski definition) is 1. The summed E-state index contributed by atoms with van der Waals surface area (Å²) in [6, 6.07) is 16.1. The molecule has 1 fully saturated rings. The highest BCUT2D eigenvalue weighted by Gasteiger charge is 2.53. The van der Waals surface area contributed by atoms with Gasteiger partial charge in [-0.2, -0.15) is 11.3 Å². The van der Waals surface area contributed by atoms with Crippen LogP contribution in [0.1, 0.15) is 41.1 Å². The Balaban J connectivity index is 1.56. The molecule has 1 aliphatic heterocycles. The normalized spacial score (nSPS) is 19.7. The van der Waals surface area contributed by atoms with Gasteiger partial charge in [-0.05, 0) is 58.3 Å². The summed E-state index contributed by atoms with van der Waals surface area (Å²) in [4.78, 5) is 31.8. The summed E-state index contributed by atoms with van der Waals surface area (Å²) in [7, 11) is 0. The minimum Gasteiger partial charge on any atom is -0.439 e. The third kappa shape index (κ3) is 4.57. The molecule has 0 radical (unpaired) electrons. The molecular weight excluding hydrogens is 557 g/mol. The molecule has 194 valence electrons. The number of halogens is 4. The Labute approximate surface area is 230 Å². The monoisotopic (exact) mass is 574 g/mol. The molecule has 0 spiro atoms. The van der Waals surface area contributed by atoms with Crippen LogP contribution in [0.4, 0.5) is 13.2 Å². The summed E-state index contributed by atoms with van der Waals surface area (Å²) in [5, 5.41) is 3.89. The van der Waals surface area contributed by atoms with Crippen molar-refractivity contribution in [2.75, 3.05) is 0 Å². The minimum atomic E-state index is -3.03. The fraction of sp³-hybridized carbons (Fsp3) is 0.148. The number of ether oxygens (including phenoxy) is 1. The predicted octanol–water partition coefficient (Wildman–Crippen LogP) is 7.34. The van der Waals surface area contributed by atoms with Crippen LogP contribution >= 0.6 is 35.8 Å². The van der Waals surface area contributed by atoms with Crippen LogP contribution in [0.25, 0.3) is 0 Å². The van der Waals surface area contributed by atoms with Gasteiger partial charge in [0, 0.05) is 17.5 Å². The molecular formula is C27H18ClF3N2O3S2. The van der Waals surface area contributed by atoms with Crippen LogP contribution in [0.15, 0.2) is 77.5 Å². The van der Waals surface area contributed by atoms with Crippen molar-refractivity contribution in [2.24, 2.45) is 0 Å². The second-order valence-electron chi connectivity index (χ2n) is 8.57. The molecule has 11 heteroatoms. The highest BCUT2D eigenvalue weighted by atomic mass is 35.5. The number of nitrogens with zero attached hydrogens (tertiary/aromatic N) is 2. The Kier molecular flexibility index (Phi) is 7.21. The van der Waals surface area contributed by atoms with Gasteiger partial charge in [0.15, 0.2) is 5.78 Å². The maximum atomic E-state index is 13.7. The van der Waals surface area contributed by atoms with E-state index in [-0.39, 0.29) is 29.5 Å². The molecule has 0 bridgehead atoms. The molecule has 0 aliphatic carbocycles. The van der Waals surface area contributed by atoms with Crippen LogP contribution in [0, 0.1) is 5.82 Å². The van der Waals surface area contributed by atoms with E-state index in [1.165, 1.54) is 27.8 Å². The van der Waals surface area contributed by atoms with Crippen molar-refractivity contribution in [1.82, 2.24) is 9.29 Å². The first-order chi connectivity index (χ1) is 18.2. The van der Waals surface area contributed by atoms with Crippen LogP contribution in [0.3, 0.4) is 0 Å². The Hall–Kier alpha value is -3.34. The lowest BCUT2D eigenvalue weighted by atomic mass is 9.75. The van der Waals surface area contributed by atoms with E-state index in [0.29, 0.717) is 16.1 Å². The third-order valence-corrected chi connectivity index (χ3v) is 7.92. The van der Waals surface area contributed by atoms with E-state index in [0.717, 1.165) is 12.1 Å². The Bertz CT molecular complexity index is 1520. The first-order valence-electron chi connectivity index (χ1n) is 11.3. The molecule has 0 saturated carbocycles. The van der Waals surface area contributed by atoms with Crippen LogP contribution in [-0.2, 0) is 15.1 Å². The Morgan fingerprint density at radius 2 is 1.89 bits per heavy atom. The topological polar surface area (TPSA) is 59.5 Å². The number of carbonyl (C=O) groups excluding carboxylic acids is 2. The number of Topliss-reactive ketones (excluding diaryl/α,β-unsaturated/α-hetero) is 1. The van der Waals surface area contributed by atoms with Crippen LogP contribution in [0.5, 0.6) is 11.6 Å². The van der Waals surface area contributed by atoms with Gasteiger partial charge in [-0.15, -0.1) is 0 Å². The van der Waals surface area contributed by atoms with Gasteiger partial charge in [-0.25, -0.2) is 18.2 Å². The summed E-state index contributed by atoms with van der Waals surface area (Å²) >= 11 is 12.3. The van der Waals surface area contributed by atoms with Crippen molar-refractivity contribution in [3.63, 3.8) is 0 Å². The van der Waals surface area contributed by atoms with E-state index < -0.39 is 35.2 Å². The zero-order valence-electron chi connectivity index (χ0n) is 19.4. The molecule has 5 nitrogen and oxygen atoms in total. The largest absolute Gasteiger partial charge is 0.439 e. The molecule has 2 aromatic carbocycles. The van der Waals surface area contributed by atoms with Gasteiger partial charge >= 0.3 is 0 Å². The Morgan fingerprint density at radius 3 is 2.61 bits per heavy atom. The zero-order valence-corrected chi connectivity index (χ0v) is 21.8. The highest BCUT2D eigenvalue weighted by molar-refractivity contribution is 7.78. The van der Waals surface area contributed by atoms with E-state index in [9.17, 15) is 22.8 Å². The van der Waals surface area contributed by atoms with Crippen LogP contribution in [0.2, 0.25) is 5.02 Å². The number of aromatic nitrogens is 1. The number of thiol groups is 1. The van der Waals surface area contributed by atoms with Gasteiger partial charge in [-0.1, -0.05) is 48.7 Å². The molecule has 1 saturated heterocycles. The molecule has 5 rings (SSSR count). The molecule has 1 amide bonds. The number of thiophene rings is 1. The predicted molar refractivity (Wildman–Crippen MR) is 140 cm³/mol. The number of ketones is 1. The number of amides is 1. The van der Waals surface area contributed by atoms with Crippen molar-refractivity contribution >= 4 is 47.4 Å². The number of piperidine rings is 1. The van der Waals surface area contributed by atoms with Crippen LogP contribution in [-0.4, -0.2) is 21.0 Å². The molecule has 2 atom stereocenters. The van der Waals surface area contributed by atoms with E-state index in [1.54, 1.807) is 53.2 Å². The molecule has 2 unspecified atom stereocenters. The van der Waals surface area contributed by atoms with Crippen molar-refractivity contribution in [3.05, 3.63) is 111 Å². The summed E-state index contributed by atoms with van der Waals surface area (Å²) in [6.07, 6.45) is -3.18. The summed E-state index contributed by atoms with van der Waals surface area (Å²) in [5.74, 6) is -3.18. The second kappa shape index (κ2) is 10.4. The van der Waals surface area contributed by atoms with Crippen molar-refractivity contribution in [2.45, 2.75) is 24.3 Å². The molecule has 0 N–H and O–H groups in total. The summed E-state index contributed by atoms with van der Waals surface area (Å²) in [6.45, 7) is 0. The van der Waals surface area contributed by atoms with Crippen molar-refractivity contribution < 1.29 is 27.5 Å². The maximum Gasteiger partial charge on any atom is 0.266 e. The first-order valence-corrected chi connectivity index (χ1v) is 13.0. The molecule has 3 heterocycles. The SMILES string of the molecule is O=C1CC(c2ccsc2)(c2cccc(Oc3ccc(F)c(C(F)F)c3)n2)N(S)C(=O)C1c1ccccc1Cl. The molecule has 38 heavy (non-hydrogen) atoms. The second-order valence-corrected chi connectivity index (χ2v) is 10.2. The summed E-state index contributed by atoms with van der Waals surface area (Å²) in [5.41, 5.74) is -0.907. The van der Waals surface area contributed by atoms with Gasteiger partial charge in [0.2, 0.25) is 11.8 Å². The van der Waals surface area contributed by atoms with Gasteiger partial charge < -0.3 is 4.74 Å². The lowest BCUT2D eigenvalue weighted by molar-refractivity contribution is -0.142. The molecule has 2 aromatic heterocycles. The highest BCUT2D eigenvalue weighted by Crippen LogP contribution is 2.48. The lowest BCUT2D eigenvalue weighted by Gasteiger charge is -2.45. The van der Waals surface area contributed by atoms with E-state index in [2.05, 4.69) is 17.8 Å². The number of carbonyl (C=O) groups is 2. The fourth-order valence-electron chi connectivity index (χ4n) is 4.54. The quantitative estimate of drug-likeness (QED) is 0.193. The number of hydrogen-bond acceptors (Lipinski definition) is 6.